The van der Waals surface area contributed by atoms with E-state index in [-0.39, 0.29) is 0 Å². The van der Waals surface area contributed by atoms with E-state index < -0.39 is 11.0 Å². The fraction of sp³-hybridized carbons (Fsp3) is 0.941. The summed E-state index contributed by atoms with van der Waals surface area (Å²) in [7, 11) is 0. The van der Waals surface area contributed by atoms with E-state index in [0.29, 0.717) is 12.0 Å². The number of β-amino-alcohol motifs (C(OH)–C–C–N with tert-alkyl or cyclic N) is 1. The van der Waals surface area contributed by atoms with E-state index in [4.69, 9.17) is 0 Å². The van der Waals surface area contributed by atoms with Crippen molar-refractivity contribution >= 4 is 0 Å². The average molecular weight is 276 g/mol. The molecule has 1 saturated heterocycles. The minimum Gasteiger partial charge on any atom is -0.387 e. The maximum atomic E-state index is 11.2. The van der Waals surface area contributed by atoms with E-state index in [1.165, 1.54) is 12.8 Å². The topological polar surface area (TPSA) is 47.3 Å². The van der Waals surface area contributed by atoms with E-state index in [2.05, 4.69) is 24.8 Å². The molecule has 1 atom stereocenters. The van der Waals surface area contributed by atoms with Crippen molar-refractivity contribution in [3.63, 3.8) is 0 Å². The summed E-state index contributed by atoms with van der Waals surface area (Å²) >= 11 is 0. The van der Waals surface area contributed by atoms with Gasteiger partial charge in [0, 0.05) is 19.1 Å². The highest BCUT2D eigenvalue weighted by atomic mass is 16.3. The lowest BCUT2D eigenvalue weighted by molar-refractivity contribution is -0.0718. The van der Waals surface area contributed by atoms with Crippen LogP contribution in [0.15, 0.2) is 0 Å². The standard InChI is InChI=1S/C17H28N2O/c1-13(2)14-5-7-16(11-18,8-6-14)17(20)9-10-19(12-17)15-3-4-15/h13-15,20H,3-10,12H2,1-2H3. The number of hydrogen-bond donors (Lipinski definition) is 1. The van der Waals surface area contributed by atoms with Gasteiger partial charge in [0.05, 0.1) is 17.1 Å². The van der Waals surface area contributed by atoms with Crippen LogP contribution in [0, 0.1) is 28.6 Å². The van der Waals surface area contributed by atoms with Crippen molar-refractivity contribution in [2.45, 2.75) is 70.4 Å². The quantitative estimate of drug-likeness (QED) is 0.862. The van der Waals surface area contributed by atoms with Gasteiger partial charge in [-0.05, 0) is 56.8 Å². The van der Waals surface area contributed by atoms with Crippen LogP contribution in [0.2, 0.25) is 0 Å². The van der Waals surface area contributed by atoms with Crippen LogP contribution in [0.3, 0.4) is 0 Å². The van der Waals surface area contributed by atoms with Crippen LogP contribution in [0.4, 0.5) is 0 Å². The van der Waals surface area contributed by atoms with Crippen molar-refractivity contribution in [3.05, 3.63) is 0 Å². The van der Waals surface area contributed by atoms with Gasteiger partial charge in [0.2, 0.25) is 0 Å². The fourth-order valence-electron chi connectivity index (χ4n) is 4.45. The monoisotopic (exact) mass is 276 g/mol. The highest BCUT2D eigenvalue weighted by Gasteiger charge is 2.56. The molecule has 112 valence electrons. The van der Waals surface area contributed by atoms with Crippen LogP contribution in [0.25, 0.3) is 0 Å². The molecular weight excluding hydrogens is 248 g/mol. The van der Waals surface area contributed by atoms with E-state index in [0.717, 1.165) is 51.1 Å². The molecule has 3 aliphatic rings. The molecule has 0 aromatic rings. The molecule has 20 heavy (non-hydrogen) atoms. The van der Waals surface area contributed by atoms with Crippen LogP contribution in [-0.2, 0) is 0 Å². The van der Waals surface area contributed by atoms with Crippen LogP contribution < -0.4 is 0 Å². The molecule has 0 bridgehead atoms. The van der Waals surface area contributed by atoms with E-state index >= 15 is 0 Å². The average Bonchev–Trinajstić information content (AvgIpc) is 3.22. The van der Waals surface area contributed by atoms with Crippen molar-refractivity contribution in [3.8, 4) is 6.07 Å². The summed E-state index contributed by atoms with van der Waals surface area (Å²) in [5.74, 6) is 1.44. The van der Waals surface area contributed by atoms with Crippen LogP contribution in [-0.4, -0.2) is 34.7 Å². The van der Waals surface area contributed by atoms with Crippen LogP contribution in [0.1, 0.15) is 58.8 Å². The van der Waals surface area contributed by atoms with Gasteiger partial charge in [-0.1, -0.05) is 13.8 Å². The van der Waals surface area contributed by atoms with Gasteiger partial charge in [-0.15, -0.1) is 0 Å². The Kier molecular flexibility index (Phi) is 3.59. The number of hydrogen-bond acceptors (Lipinski definition) is 3. The molecule has 1 N–H and O–H groups in total. The second-order valence-electron chi connectivity index (χ2n) is 7.76. The molecule has 0 spiro atoms. The van der Waals surface area contributed by atoms with Crippen molar-refractivity contribution in [2.75, 3.05) is 13.1 Å². The Bertz CT molecular complexity index is 402. The summed E-state index contributed by atoms with van der Waals surface area (Å²) in [4.78, 5) is 2.42. The molecule has 0 radical (unpaired) electrons. The number of nitriles is 1. The summed E-state index contributed by atoms with van der Waals surface area (Å²) in [6, 6.07) is 3.26. The van der Waals surface area contributed by atoms with Gasteiger partial charge < -0.3 is 5.11 Å². The molecule has 1 heterocycles. The van der Waals surface area contributed by atoms with Gasteiger partial charge in [-0.25, -0.2) is 0 Å². The molecule has 0 aromatic heterocycles. The SMILES string of the molecule is CC(C)C1CCC(C#N)(C2(O)CCN(C3CC3)C2)CC1. The van der Waals surface area contributed by atoms with E-state index in [1.807, 2.05) is 0 Å². The molecule has 2 saturated carbocycles. The number of aliphatic hydroxyl groups is 1. The highest BCUT2D eigenvalue weighted by molar-refractivity contribution is 5.17. The predicted molar refractivity (Wildman–Crippen MR) is 79.0 cm³/mol. The minimum atomic E-state index is -0.758. The molecule has 3 heteroatoms. The maximum absolute atomic E-state index is 11.2. The Morgan fingerprint density at radius 3 is 2.30 bits per heavy atom. The lowest BCUT2D eigenvalue weighted by Crippen LogP contribution is -2.51. The summed E-state index contributed by atoms with van der Waals surface area (Å²) in [6.07, 6.45) is 7.36. The molecule has 3 fully saturated rings. The van der Waals surface area contributed by atoms with E-state index in [9.17, 15) is 10.4 Å². The number of rotatable bonds is 3. The lowest BCUT2D eigenvalue weighted by atomic mass is 9.60. The second-order valence-corrected chi connectivity index (χ2v) is 7.76. The Labute approximate surface area is 123 Å². The van der Waals surface area contributed by atoms with Crippen LogP contribution in [0.5, 0.6) is 0 Å². The number of nitrogens with zero attached hydrogens (tertiary/aromatic N) is 2. The van der Waals surface area contributed by atoms with Gasteiger partial charge in [0.25, 0.3) is 0 Å². The summed E-state index contributed by atoms with van der Waals surface area (Å²) in [5, 5.41) is 21.0. The predicted octanol–water partition coefficient (Wildman–Crippen LogP) is 2.94. The molecule has 1 aliphatic heterocycles. The Morgan fingerprint density at radius 1 is 1.15 bits per heavy atom. The minimum absolute atomic E-state index is 0.484. The largest absolute Gasteiger partial charge is 0.387 e. The van der Waals surface area contributed by atoms with Gasteiger partial charge in [-0.3, -0.25) is 4.90 Å². The zero-order chi connectivity index (χ0) is 14.4. The Balaban J connectivity index is 1.72. The van der Waals surface area contributed by atoms with Crippen molar-refractivity contribution in [1.82, 2.24) is 4.90 Å². The normalized spacial score (nSPS) is 42.9. The van der Waals surface area contributed by atoms with Crippen molar-refractivity contribution in [1.29, 1.82) is 5.26 Å². The van der Waals surface area contributed by atoms with Crippen LogP contribution >= 0.6 is 0 Å². The third-order valence-corrected chi connectivity index (χ3v) is 6.27. The van der Waals surface area contributed by atoms with E-state index in [1.54, 1.807) is 0 Å². The highest BCUT2D eigenvalue weighted by Crippen LogP contribution is 2.51. The van der Waals surface area contributed by atoms with Crippen molar-refractivity contribution < 1.29 is 5.11 Å². The molecular formula is C17H28N2O. The zero-order valence-corrected chi connectivity index (χ0v) is 12.9. The third kappa shape index (κ3) is 2.27. The smallest absolute Gasteiger partial charge is 0.0971 e. The second kappa shape index (κ2) is 5.00. The van der Waals surface area contributed by atoms with Gasteiger partial charge in [0.1, 0.15) is 0 Å². The zero-order valence-electron chi connectivity index (χ0n) is 12.9. The number of likely N-dealkylation sites (tertiary alicyclic amines) is 1. The van der Waals surface area contributed by atoms with Gasteiger partial charge >= 0.3 is 0 Å². The van der Waals surface area contributed by atoms with Gasteiger partial charge in [0.15, 0.2) is 0 Å². The summed E-state index contributed by atoms with van der Waals surface area (Å²) in [5.41, 5.74) is -1.24. The summed E-state index contributed by atoms with van der Waals surface area (Å²) in [6.45, 7) is 6.28. The first kappa shape index (κ1) is 14.4. The Morgan fingerprint density at radius 2 is 1.80 bits per heavy atom. The fourth-order valence-corrected chi connectivity index (χ4v) is 4.45. The first-order valence-corrected chi connectivity index (χ1v) is 8.37. The Hall–Kier alpha value is -0.590. The molecule has 0 amide bonds. The summed E-state index contributed by atoms with van der Waals surface area (Å²) < 4.78 is 0. The van der Waals surface area contributed by atoms with Crippen molar-refractivity contribution in [2.24, 2.45) is 17.3 Å². The third-order valence-electron chi connectivity index (χ3n) is 6.27. The maximum Gasteiger partial charge on any atom is 0.0971 e. The molecule has 3 rings (SSSR count). The molecule has 0 aromatic carbocycles. The lowest BCUT2D eigenvalue weighted by Gasteiger charge is -2.45. The van der Waals surface area contributed by atoms with Gasteiger partial charge in [-0.2, -0.15) is 5.26 Å². The first-order chi connectivity index (χ1) is 9.50. The first-order valence-electron chi connectivity index (χ1n) is 8.37. The molecule has 3 nitrogen and oxygen atoms in total. The molecule has 1 unspecified atom stereocenters. The molecule has 2 aliphatic carbocycles.